The first kappa shape index (κ1) is 15.9. The fourth-order valence-corrected chi connectivity index (χ4v) is 1.69. The molecule has 0 fully saturated rings. The number of nitrogens with zero attached hydrogens (tertiary/aromatic N) is 3. The molecule has 1 atom stereocenters. The summed E-state index contributed by atoms with van der Waals surface area (Å²) in [5.41, 5.74) is 0.671. The lowest BCUT2D eigenvalue weighted by Gasteiger charge is -2.11. The van der Waals surface area contributed by atoms with Crippen LogP contribution in [0.25, 0.3) is 6.08 Å². The molecule has 6 heteroatoms. The fraction of sp³-hybridized carbons (Fsp3) is 0.375. The summed E-state index contributed by atoms with van der Waals surface area (Å²) in [6, 6.07) is 3.33. The molecule has 0 bridgehead atoms. The van der Waals surface area contributed by atoms with Gasteiger partial charge in [-0.1, -0.05) is 32.0 Å². The first-order valence-corrected chi connectivity index (χ1v) is 7.09. The molecule has 1 N–H and O–H groups in total. The minimum atomic E-state index is -0.352. The van der Waals surface area contributed by atoms with Gasteiger partial charge < -0.3 is 9.84 Å². The van der Waals surface area contributed by atoms with E-state index in [9.17, 15) is 4.79 Å². The van der Waals surface area contributed by atoms with Crippen LogP contribution in [0.3, 0.4) is 0 Å². The zero-order valence-electron chi connectivity index (χ0n) is 13.2. The Kier molecular flexibility index (Phi) is 4.70. The lowest BCUT2D eigenvalue weighted by Crippen LogP contribution is -2.25. The normalized spacial score (nSPS) is 13.3. The predicted octanol–water partition coefficient (Wildman–Crippen LogP) is 2.65. The van der Waals surface area contributed by atoms with E-state index in [1.165, 1.54) is 6.08 Å². The highest BCUT2D eigenvalue weighted by Crippen LogP contribution is 2.20. The van der Waals surface area contributed by atoms with Crippen molar-refractivity contribution >= 4 is 12.0 Å². The van der Waals surface area contributed by atoms with Gasteiger partial charge in [-0.3, -0.25) is 9.78 Å². The molecule has 0 aliphatic carbocycles. The third-order valence-electron chi connectivity index (χ3n) is 2.95. The lowest BCUT2D eigenvalue weighted by molar-refractivity contribution is -0.117. The van der Waals surface area contributed by atoms with Gasteiger partial charge >= 0.3 is 0 Å². The van der Waals surface area contributed by atoms with Gasteiger partial charge in [0.25, 0.3) is 0 Å². The molecule has 0 aromatic carbocycles. The maximum Gasteiger partial charge on any atom is 0.248 e. The summed E-state index contributed by atoms with van der Waals surface area (Å²) in [4.78, 5) is 20.2. The Balaban J connectivity index is 1.97. The average Bonchev–Trinajstić information content (AvgIpc) is 2.96. The van der Waals surface area contributed by atoms with Crippen LogP contribution in [0.1, 0.15) is 51.0 Å². The van der Waals surface area contributed by atoms with Crippen LogP contribution in [0.15, 0.2) is 35.1 Å². The molecule has 2 heterocycles. The monoisotopic (exact) mass is 300 g/mol. The molecule has 0 aliphatic heterocycles. The fourth-order valence-electron chi connectivity index (χ4n) is 1.69. The van der Waals surface area contributed by atoms with Crippen molar-refractivity contribution in [2.24, 2.45) is 0 Å². The van der Waals surface area contributed by atoms with Crippen molar-refractivity contribution in [3.63, 3.8) is 0 Å². The Labute approximate surface area is 129 Å². The zero-order valence-corrected chi connectivity index (χ0v) is 13.2. The van der Waals surface area contributed by atoms with Crippen molar-refractivity contribution < 1.29 is 9.32 Å². The van der Waals surface area contributed by atoms with Crippen molar-refractivity contribution in [1.29, 1.82) is 0 Å². The van der Waals surface area contributed by atoms with Crippen LogP contribution in [0.2, 0.25) is 0 Å². The second kappa shape index (κ2) is 6.51. The van der Waals surface area contributed by atoms with E-state index in [0.717, 1.165) is 5.56 Å². The van der Waals surface area contributed by atoms with Gasteiger partial charge in [-0.2, -0.15) is 4.98 Å². The molecule has 2 aromatic heterocycles. The van der Waals surface area contributed by atoms with E-state index in [-0.39, 0.29) is 17.4 Å². The SMILES string of the molecule is CC(NC(=O)C=Cc1cccnc1)c1nc(C(C)(C)C)no1. The van der Waals surface area contributed by atoms with E-state index in [1.54, 1.807) is 25.4 Å². The van der Waals surface area contributed by atoms with Crippen LogP contribution in [0, 0.1) is 0 Å². The quantitative estimate of drug-likeness (QED) is 0.878. The molecule has 2 rings (SSSR count). The van der Waals surface area contributed by atoms with Crippen molar-refractivity contribution in [1.82, 2.24) is 20.4 Å². The van der Waals surface area contributed by atoms with Crippen LogP contribution in [-0.4, -0.2) is 21.0 Å². The van der Waals surface area contributed by atoms with Crippen LogP contribution < -0.4 is 5.32 Å². The smallest absolute Gasteiger partial charge is 0.248 e. The number of hydrogen-bond donors (Lipinski definition) is 1. The second-order valence-electron chi connectivity index (χ2n) is 6.06. The molecule has 1 unspecified atom stereocenters. The molecule has 0 aliphatic rings. The Hall–Kier alpha value is -2.50. The molecular weight excluding hydrogens is 280 g/mol. The molecule has 22 heavy (non-hydrogen) atoms. The summed E-state index contributed by atoms with van der Waals surface area (Å²) < 4.78 is 5.21. The van der Waals surface area contributed by atoms with Crippen LogP contribution in [0.4, 0.5) is 0 Å². The van der Waals surface area contributed by atoms with Gasteiger partial charge in [0.1, 0.15) is 6.04 Å². The molecular formula is C16H20N4O2. The minimum Gasteiger partial charge on any atom is -0.341 e. The topological polar surface area (TPSA) is 80.9 Å². The largest absolute Gasteiger partial charge is 0.341 e. The number of nitrogens with one attached hydrogen (secondary N) is 1. The third-order valence-corrected chi connectivity index (χ3v) is 2.95. The summed E-state index contributed by atoms with van der Waals surface area (Å²) in [6.07, 6.45) is 6.51. The molecule has 0 saturated carbocycles. The molecule has 2 aromatic rings. The highest BCUT2D eigenvalue weighted by Gasteiger charge is 2.23. The van der Waals surface area contributed by atoms with E-state index in [0.29, 0.717) is 11.7 Å². The maximum absolute atomic E-state index is 11.9. The van der Waals surface area contributed by atoms with Crippen molar-refractivity contribution in [2.75, 3.05) is 0 Å². The van der Waals surface area contributed by atoms with E-state index in [2.05, 4.69) is 20.4 Å². The van der Waals surface area contributed by atoms with E-state index < -0.39 is 0 Å². The summed E-state index contributed by atoms with van der Waals surface area (Å²) in [5.74, 6) is 0.786. The van der Waals surface area contributed by atoms with E-state index in [4.69, 9.17) is 4.52 Å². The van der Waals surface area contributed by atoms with Crippen LogP contribution in [0.5, 0.6) is 0 Å². The molecule has 0 saturated heterocycles. The van der Waals surface area contributed by atoms with Crippen LogP contribution >= 0.6 is 0 Å². The molecule has 1 amide bonds. The van der Waals surface area contributed by atoms with E-state index in [1.807, 2.05) is 32.9 Å². The molecule has 0 spiro atoms. The van der Waals surface area contributed by atoms with Gasteiger partial charge in [0, 0.05) is 23.9 Å². The van der Waals surface area contributed by atoms with Crippen molar-refractivity contribution in [3.8, 4) is 0 Å². The first-order chi connectivity index (χ1) is 10.4. The number of amides is 1. The summed E-state index contributed by atoms with van der Waals surface area (Å²) in [7, 11) is 0. The van der Waals surface area contributed by atoms with E-state index >= 15 is 0 Å². The number of hydrogen-bond acceptors (Lipinski definition) is 5. The van der Waals surface area contributed by atoms with Gasteiger partial charge in [-0.05, 0) is 24.6 Å². The highest BCUT2D eigenvalue weighted by molar-refractivity contribution is 5.91. The number of carbonyl (C=O) groups is 1. The standard InChI is InChI=1S/C16H20N4O2/c1-11(14-19-15(20-22-14)16(2,3)4)18-13(21)8-7-12-6-5-9-17-10-12/h5-11H,1-4H3,(H,18,21). The second-order valence-corrected chi connectivity index (χ2v) is 6.06. The Bertz CT molecular complexity index is 656. The number of pyridine rings is 1. The average molecular weight is 300 g/mol. The third kappa shape index (κ3) is 4.25. The molecule has 6 nitrogen and oxygen atoms in total. The van der Waals surface area contributed by atoms with Gasteiger partial charge in [-0.25, -0.2) is 0 Å². The van der Waals surface area contributed by atoms with Crippen LogP contribution in [-0.2, 0) is 10.2 Å². The summed E-state index contributed by atoms with van der Waals surface area (Å²) >= 11 is 0. The van der Waals surface area contributed by atoms with Gasteiger partial charge in [0.05, 0.1) is 0 Å². The lowest BCUT2D eigenvalue weighted by atomic mass is 9.96. The maximum atomic E-state index is 11.9. The Morgan fingerprint density at radius 2 is 2.18 bits per heavy atom. The van der Waals surface area contributed by atoms with Gasteiger partial charge in [-0.15, -0.1) is 0 Å². The number of aromatic nitrogens is 3. The predicted molar refractivity (Wildman–Crippen MR) is 82.8 cm³/mol. The molecule has 0 radical (unpaired) electrons. The Morgan fingerprint density at radius 3 is 2.77 bits per heavy atom. The zero-order chi connectivity index (χ0) is 16.2. The number of carbonyl (C=O) groups excluding carboxylic acids is 1. The summed E-state index contributed by atoms with van der Waals surface area (Å²) in [5, 5.41) is 6.73. The highest BCUT2D eigenvalue weighted by atomic mass is 16.5. The molecule has 116 valence electrons. The summed E-state index contributed by atoms with van der Waals surface area (Å²) in [6.45, 7) is 7.81. The first-order valence-electron chi connectivity index (χ1n) is 7.09. The Morgan fingerprint density at radius 1 is 1.41 bits per heavy atom. The van der Waals surface area contributed by atoms with Crippen molar-refractivity contribution in [2.45, 2.75) is 39.2 Å². The van der Waals surface area contributed by atoms with Crippen molar-refractivity contribution in [3.05, 3.63) is 47.9 Å². The minimum absolute atomic E-state index is 0.189. The van der Waals surface area contributed by atoms with Gasteiger partial charge in [0.2, 0.25) is 11.8 Å². The van der Waals surface area contributed by atoms with Gasteiger partial charge in [0.15, 0.2) is 5.82 Å². The number of rotatable bonds is 4.